The zero-order chi connectivity index (χ0) is 15.2. The fraction of sp³-hybridized carbons (Fsp3) is 0.947. The summed E-state index contributed by atoms with van der Waals surface area (Å²) in [7, 11) is 0. The first-order valence-electron chi connectivity index (χ1n) is 9.21. The second-order valence-corrected chi connectivity index (χ2v) is 8.30. The van der Waals surface area contributed by atoms with Gasteiger partial charge in [-0.25, -0.2) is 0 Å². The molecule has 0 atom stereocenters. The van der Waals surface area contributed by atoms with Crippen molar-refractivity contribution in [2.75, 3.05) is 0 Å². The molecule has 4 bridgehead atoms. The van der Waals surface area contributed by atoms with Crippen LogP contribution in [0.3, 0.4) is 0 Å². The molecule has 0 aromatic carbocycles. The number of carbonyl (C=O) groups excluding carboxylic acids is 1. The summed E-state index contributed by atoms with van der Waals surface area (Å²) in [5, 5.41) is 0. The van der Waals surface area contributed by atoms with Crippen LogP contribution >= 0.6 is 0 Å². The molecule has 4 fully saturated rings. The monoisotopic (exact) mass is 292 g/mol. The lowest BCUT2D eigenvalue weighted by molar-refractivity contribution is -0.194. The molecule has 21 heavy (non-hydrogen) atoms. The van der Waals surface area contributed by atoms with Gasteiger partial charge in [-0.1, -0.05) is 27.7 Å². The highest BCUT2D eigenvalue weighted by atomic mass is 16.6. The van der Waals surface area contributed by atoms with E-state index in [0.717, 1.165) is 36.5 Å². The van der Waals surface area contributed by atoms with Gasteiger partial charge < -0.3 is 4.74 Å². The summed E-state index contributed by atoms with van der Waals surface area (Å²) in [4.78, 5) is 12.3. The molecule has 4 aliphatic rings. The quantitative estimate of drug-likeness (QED) is 0.679. The molecule has 0 unspecified atom stereocenters. The molecule has 0 saturated heterocycles. The third-order valence-electron chi connectivity index (χ3n) is 6.81. The van der Waals surface area contributed by atoms with Crippen LogP contribution in [0.2, 0.25) is 0 Å². The molecule has 120 valence electrons. The number of ether oxygens (including phenoxy) is 1. The maximum atomic E-state index is 12.3. The largest absolute Gasteiger partial charge is 0.459 e. The minimum Gasteiger partial charge on any atom is -0.459 e. The molecular weight excluding hydrogens is 260 g/mol. The Morgan fingerprint density at radius 2 is 1.48 bits per heavy atom. The first kappa shape index (κ1) is 15.4. The standard InChI is InChI=1S/C19H32O2/c1-5-19(6-2,21-18(20)12(3)4)17-15-8-13-7-14(10-15)11-16(17)9-13/h12-17H,5-11H2,1-4H3. The van der Waals surface area contributed by atoms with Crippen LogP contribution in [0.1, 0.15) is 72.6 Å². The average Bonchev–Trinajstić information content (AvgIpc) is 2.44. The Bertz CT molecular complexity index is 366. The number of hydrogen-bond acceptors (Lipinski definition) is 2. The van der Waals surface area contributed by atoms with E-state index >= 15 is 0 Å². The number of carbonyl (C=O) groups is 1. The van der Waals surface area contributed by atoms with E-state index < -0.39 is 0 Å². The zero-order valence-electron chi connectivity index (χ0n) is 14.2. The molecule has 0 amide bonds. The Morgan fingerprint density at radius 1 is 1.00 bits per heavy atom. The van der Waals surface area contributed by atoms with Crippen LogP contribution < -0.4 is 0 Å². The lowest BCUT2D eigenvalue weighted by Gasteiger charge is -2.59. The van der Waals surface area contributed by atoms with E-state index in [-0.39, 0.29) is 17.5 Å². The maximum Gasteiger partial charge on any atom is 0.308 e. The minimum atomic E-state index is -0.191. The summed E-state index contributed by atoms with van der Waals surface area (Å²) >= 11 is 0. The van der Waals surface area contributed by atoms with Crippen molar-refractivity contribution < 1.29 is 9.53 Å². The van der Waals surface area contributed by atoms with E-state index in [1.807, 2.05) is 13.8 Å². The molecule has 0 aliphatic heterocycles. The lowest BCUT2D eigenvalue weighted by atomic mass is 9.48. The topological polar surface area (TPSA) is 26.3 Å². The molecule has 4 saturated carbocycles. The second kappa shape index (κ2) is 5.59. The molecule has 4 aliphatic carbocycles. The van der Waals surface area contributed by atoms with E-state index in [0.29, 0.717) is 5.92 Å². The summed E-state index contributed by atoms with van der Waals surface area (Å²) in [5.41, 5.74) is -0.191. The van der Waals surface area contributed by atoms with E-state index in [4.69, 9.17) is 4.74 Å². The molecule has 4 rings (SSSR count). The predicted molar refractivity (Wildman–Crippen MR) is 84.8 cm³/mol. The van der Waals surface area contributed by atoms with Crippen LogP contribution in [0.5, 0.6) is 0 Å². The zero-order valence-corrected chi connectivity index (χ0v) is 14.2. The van der Waals surface area contributed by atoms with E-state index in [9.17, 15) is 4.79 Å². The smallest absolute Gasteiger partial charge is 0.308 e. The van der Waals surface area contributed by atoms with Gasteiger partial charge in [0.05, 0.1) is 5.92 Å². The van der Waals surface area contributed by atoms with Crippen molar-refractivity contribution in [2.24, 2.45) is 35.5 Å². The normalized spacial score (nSPS) is 38.0. The fourth-order valence-corrected chi connectivity index (χ4v) is 6.04. The summed E-state index contributed by atoms with van der Waals surface area (Å²) < 4.78 is 6.18. The van der Waals surface area contributed by atoms with Gasteiger partial charge in [0.1, 0.15) is 5.60 Å². The van der Waals surface area contributed by atoms with Crippen LogP contribution in [0.15, 0.2) is 0 Å². The summed E-state index contributed by atoms with van der Waals surface area (Å²) in [5.74, 6) is 4.23. The van der Waals surface area contributed by atoms with Crippen molar-refractivity contribution in [3.05, 3.63) is 0 Å². The average molecular weight is 292 g/mol. The number of esters is 1. The van der Waals surface area contributed by atoms with Crippen molar-refractivity contribution in [3.63, 3.8) is 0 Å². The van der Waals surface area contributed by atoms with Gasteiger partial charge in [-0.05, 0) is 68.6 Å². The Hall–Kier alpha value is -0.530. The highest BCUT2D eigenvalue weighted by molar-refractivity contribution is 5.72. The first-order valence-corrected chi connectivity index (χ1v) is 9.21. The van der Waals surface area contributed by atoms with E-state index in [2.05, 4.69) is 13.8 Å². The molecule has 2 nitrogen and oxygen atoms in total. The number of hydrogen-bond donors (Lipinski definition) is 0. The molecule has 0 heterocycles. The maximum absolute atomic E-state index is 12.3. The third kappa shape index (κ3) is 2.53. The Labute approximate surface area is 130 Å². The Balaban J connectivity index is 1.85. The van der Waals surface area contributed by atoms with Crippen LogP contribution in [-0.2, 0) is 9.53 Å². The van der Waals surface area contributed by atoms with Gasteiger partial charge in [0, 0.05) is 5.92 Å². The van der Waals surface area contributed by atoms with Crippen molar-refractivity contribution in [1.29, 1.82) is 0 Å². The van der Waals surface area contributed by atoms with Gasteiger partial charge >= 0.3 is 5.97 Å². The van der Waals surface area contributed by atoms with Gasteiger partial charge in [-0.2, -0.15) is 0 Å². The van der Waals surface area contributed by atoms with Crippen molar-refractivity contribution >= 4 is 5.97 Å². The van der Waals surface area contributed by atoms with Crippen LogP contribution in [0.4, 0.5) is 0 Å². The summed E-state index contributed by atoms with van der Waals surface area (Å²) in [6, 6.07) is 0. The highest BCUT2D eigenvalue weighted by Crippen LogP contribution is 2.60. The van der Waals surface area contributed by atoms with Crippen LogP contribution in [0.25, 0.3) is 0 Å². The predicted octanol–water partition coefficient (Wildman–Crippen LogP) is 4.82. The van der Waals surface area contributed by atoms with Crippen LogP contribution in [-0.4, -0.2) is 11.6 Å². The van der Waals surface area contributed by atoms with Crippen molar-refractivity contribution in [3.8, 4) is 0 Å². The second-order valence-electron chi connectivity index (χ2n) is 8.30. The Morgan fingerprint density at radius 3 is 1.86 bits per heavy atom. The molecule has 0 N–H and O–H groups in total. The summed E-state index contributed by atoms with van der Waals surface area (Å²) in [6.07, 6.45) is 9.05. The Kier molecular flexibility index (Phi) is 4.09. The van der Waals surface area contributed by atoms with Gasteiger partial charge in [-0.15, -0.1) is 0 Å². The van der Waals surface area contributed by atoms with E-state index in [1.165, 1.54) is 32.1 Å². The molecule has 0 radical (unpaired) electrons. The number of rotatable bonds is 5. The van der Waals surface area contributed by atoms with Crippen molar-refractivity contribution in [2.45, 2.75) is 78.2 Å². The van der Waals surface area contributed by atoms with E-state index in [1.54, 1.807) is 0 Å². The van der Waals surface area contributed by atoms with Crippen LogP contribution in [0, 0.1) is 35.5 Å². The van der Waals surface area contributed by atoms with Gasteiger partial charge in [0.15, 0.2) is 0 Å². The highest BCUT2D eigenvalue weighted by Gasteiger charge is 2.56. The third-order valence-corrected chi connectivity index (χ3v) is 6.81. The minimum absolute atomic E-state index is 0.00695. The molecule has 0 aromatic heterocycles. The first-order chi connectivity index (χ1) is 9.99. The lowest BCUT2D eigenvalue weighted by Crippen LogP contribution is -2.56. The van der Waals surface area contributed by atoms with Gasteiger partial charge in [0.2, 0.25) is 0 Å². The molecule has 2 heteroatoms. The SMILES string of the molecule is CCC(CC)(OC(=O)C(C)C)C1C2CC3CC(C2)CC1C3. The molecule has 0 aromatic rings. The van der Waals surface area contributed by atoms with Crippen molar-refractivity contribution in [1.82, 2.24) is 0 Å². The fourth-order valence-electron chi connectivity index (χ4n) is 6.04. The van der Waals surface area contributed by atoms with Gasteiger partial charge in [0.25, 0.3) is 0 Å². The summed E-state index contributed by atoms with van der Waals surface area (Å²) in [6.45, 7) is 8.36. The molecular formula is C19H32O2. The molecule has 0 spiro atoms. The van der Waals surface area contributed by atoms with Gasteiger partial charge in [-0.3, -0.25) is 4.79 Å².